The quantitative estimate of drug-likeness (QED) is 0.344. The number of nitrogens with zero attached hydrogens (tertiary/aromatic N) is 5. The maximum Gasteiger partial charge on any atom is 0.325 e. The number of ether oxygens (including phenoxy) is 3. The summed E-state index contributed by atoms with van der Waals surface area (Å²) < 4.78 is 20.3. The molecule has 0 spiro atoms. The van der Waals surface area contributed by atoms with Crippen LogP contribution in [0.4, 0.5) is 17.2 Å². The average Bonchev–Trinajstić information content (AvgIpc) is 3.54. The van der Waals surface area contributed by atoms with Crippen LogP contribution in [0.2, 0.25) is 5.02 Å². The number of fused-ring (bicyclic) bond motifs is 2. The van der Waals surface area contributed by atoms with Crippen LogP contribution < -0.4 is 15.0 Å². The molecule has 1 N–H and O–H groups in total. The number of aromatic nitrogens is 4. The van der Waals surface area contributed by atoms with Gasteiger partial charge in [0.05, 0.1) is 47.5 Å². The fraction of sp³-hybridized carbons (Fsp3) is 0.370. The summed E-state index contributed by atoms with van der Waals surface area (Å²) in [4.78, 5) is 13.7. The van der Waals surface area contributed by atoms with E-state index in [9.17, 15) is 4.79 Å². The van der Waals surface area contributed by atoms with Crippen molar-refractivity contribution < 1.29 is 19.0 Å². The van der Waals surface area contributed by atoms with Gasteiger partial charge < -0.3 is 24.4 Å². The number of hydrogen-bond acceptors (Lipinski definition) is 8. The second-order valence-electron chi connectivity index (χ2n) is 9.50. The van der Waals surface area contributed by atoms with Gasteiger partial charge in [0.1, 0.15) is 18.9 Å². The lowest BCUT2D eigenvalue weighted by atomic mass is 10.2. The number of esters is 1. The highest BCUT2D eigenvalue weighted by molar-refractivity contribution is 6.38. The topological polar surface area (TPSA) is 95.7 Å². The molecule has 2 aromatic heterocycles. The van der Waals surface area contributed by atoms with E-state index in [2.05, 4.69) is 10.4 Å². The van der Waals surface area contributed by atoms with E-state index in [1.54, 1.807) is 10.9 Å². The van der Waals surface area contributed by atoms with Gasteiger partial charge in [0.25, 0.3) is 0 Å². The van der Waals surface area contributed by atoms with Gasteiger partial charge in [-0.1, -0.05) is 11.6 Å². The lowest BCUT2D eigenvalue weighted by Gasteiger charge is -2.30. The number of rotatable bonds is 6. The van der Waals surface area contributed by atoms with Gasteiger partial charge in [0.15, 0.2) is 12.0 Å². The van der Waals surface area contributed by atoms with Crippen molar-refractivity contribution in [3.63, 3.8) is 0 Å². The van der Waals surface area contributed by atoms with E-state index < -0.39 is 0 Å². The molecule has 6 rings (SSSR count). The van der Waals surface area contributed by atoms with Crippen LogP contribution in [-0.2, 0) is 14.3 Å². The van der Waals surface area contributed by atoms with Gasteiger partial charge >= 0.3 is 5.97 Å². The summed E-state index contributed by atoms with van der Waals surface area (Å²) in [5, 5.41) is 14.2. The van der Waals surface area contributed by atoms with Crippen molar-refractivity contribution in [1.29, 1.82) is 0 Å². The molecule has 198 valence electrons. The van der Waals surface area contributed by atoms with E-state index in [0.29, 0.717) is 29.7 Å². The summed E-state index contributed by atoms with van der Waals surface area (Å²) in [5.74, 6) is 1.11. The highest BCUT2D eigenvalue weighted by atomic mass is 35.5. The molecule has 10 nitrogen and oxygen atoms in total. The van der Waals surface area contributed by atoms with Gasteiger partial charge in [-0.3, -0.25) is 4.79 Å². The number of carbonyl (C=O) groups excluding carboxylic acids is 1. The van der Waals surface area contributed by atoms with E-state index in [1.807, 2.05) is 53.0 Å². The molecule has 11 heteroatoms. The highest BCUT2D eigenvalue weighted by Crippen LogP contribution is 2.37. The van der Waals surface area contributed by atoms with Crippen LogP contribution in [0.5, 0.6) is 5.75 Å². The Kier molecular flexibility index (Phi) is 6.59. The first-order chi connectivity index (χ1) is 18.5. The number of halogens is 1. The third kappa shape index (κ3) is 4.54. The number of methoxy groups -OCH3 is 1. The minimum Gasteiger partial charge on any atom is -0.489 e. The van der Waals surface area contributed by atoms with E-state index in [-0.39, 0.29) is 18.7 Å². The Bertz CT molecular complexity index is 1490. The molecule has 1 saturated heterocycles. The molecule has 38 heavy (non-hydrogen) atoms. The van der Waals surface area contributed by atoms with E-state index in [0.717, 1.165) is 59.4 Å². The SMILES string of the molecule is COC(=O)CN1CCOc2cc(-n3cc(C)c(Nc4ccc5c(cnn5C5CCCCO5)c4Cl)n3)ccc21. The fourth-order valence-electron chi connectivity index (χ4n) is 4.97. The van der Waals surface area contributed by atoms with Gasteiger partial charge in [0, 0.05) is 29.8 Å². The van der Waals surface area contributed by atoms with Gasteiger partial charge in [0.2, 0.25) is 0 Å². The van der Waals surface area contributed by atoms with Crippen LogP contribution in [-0.4, -0.2) is 58.9 Å². The van der Waals surface area contributed by atoms with E-state index in [1.165, 1.54) is 7.11 Å². The first-order valence-corrected chi connectivity index (χ1v) is 13.1. The predicted molar refractivity (Wildman–Crippen MR) is 145 cm³/mol. The number of benzene rings is 2. The second kappa shape index (κ2) is 10.2. The van der Waals surface area contributed by atoms with Crippen LogP contribution in [0, 0.1) is 6.92 Å². The van der Waals surface area contributed by atoms with Crippen molar-refractivity contribution >= 4 is 45.7 Å². The molecule has 1 unspecified atom stereocenters. The molecule has 0 bridgehead atoms. The molecule has 2 aliphatic heterocycles. The Morgan fingerprint density at radius 2 is 2.13 bits per heavy atom. The standard InChI is InChI=1S/C27H29ClN6O4/c1-17-15-33(18-6-8-22-23(13-18)37-12-10-32(22)16-25(35)36-2)31-27(17)30-20-7-9-21-19(26(20)28)14-29-34(21)24-5-3-4-11-38-24/h6-9,13-15,24H,3-5,10-12,16H2,1-2H3,(H,30,31). The fourth-order valence-corrected chi connectivity index (χ4v) is 5.22. The van der Waals surface area contributed by atoms with Gasteiger partial charge in [-0.05, 0) is 50.5 Å². The molecule has 0 aliphatic carbocycles. The molecule has 4 heterocycles. The second-order valence-corrected chi connectivity index (χ2v) is 9.88. The molecule has 2 aliphatic rings. The zero-order valence-electron chi connectivity index (χ0n) is 21.3. The molecule has 0 amide bonds. The number of hydrogen-bond donors (Lipinski definition) is 1. The number of nitrogens with one attached hydrogen (secondary N) is 1. The zero-order chi connectivity index (χ0) is 26.2. The average molecular weight is 537 g/mol. The lowest BCUT2D eigenvalue weighted by Crippen LogP contribution is -2.37. The Hall–Kier alpha value is -3.76. The predicted octanol–water partition coefficient (Wildman–Crippen LogP) is 5.00. The van der Waals surface area contributed by atoms with Crippen molar-refractivity contribution in [2.45, 2.75) is 32.4 Å². The molecular weight excluding hydrogens is 508 g/mol. The first-order valence-electron chi connectivity index (χ1n) is 12.7. The minimum absolute atomic E-state index is 0.0535. The van der Waals surface area contributed by atoms with E-state index >= 15 is 0 Å². The van der Waals surface area contributed by atoms with Crippen molar-refractivity contribution in [1.82, 2.24) is 19.6 Å². The van der Waals surface area contributed by atoms with Gasteiger partial charge in [-0.25, -0.2) is 9.36 Å². The summed E-state index contributed by atoms with van der Waals surface area (Å²) >= 11 is 6.81. The van der Waals surface area contributed by atoms with Crippen molar-refractivity contribution in [2.75, 3.05) is 43.6 Å². The molecule has 0 radical (unpaired) electrons. The summed E-state index contributed by atoms with van der Waals surface area (Å²) in [5.41, 5.74) is 4.36. The maximum atomic E-state index is 11.8. The molecule has 1 fully saturated rings. The maximum absolute atomic E-state index is 11.8. The van der Waals surface area contributed by atoms with Crippen molar-refractivity contribution in [3.05, 3.63) is 53.3 Å². The Morgan fingerprint density at radius 1 is 1.24 bits per heavy atom. The molecular formula is C27H29ClN6O4. The highest BCUT2D eigenvalue weighted by Gasteiger charge is 2.23. The summed E-state index contributed by atoms with van der Waals surface area (Å²) in [6.07, 6.45) is 6.85. The Morgan fingerprint density at radius 3 is 2.95 bits per heavy atom. The zero-order valence-corrected chi connectivity index (χ0v) is 22.1. The molecule has 4 aromatic rings. The monoisotopic (exact) mass is 536 g/mol. The van der Waals surface area contributed by atoms with Crippen LogP contribution in [0.15, 0.2) is 42.7 Å². The summed E-state index contributed by atoms with van der Waals surface area (Å²) in [6, 6.07) is 9.79. The van der Waals surface area contributed by atoms with Gasteiger partial charge in [-0.15, -0.1) is 5.10 Å². The molecule has 2 aromatic carbocycles. The summed E-state index contributed by atoms with van der Waals surface area (Å²) in [6.45, 7) is 4.03. The largest absolute Gasteiger partial charge is 0.489 e. The van der Waals surface area contributed by atoms with Crippen molar-refractivity contribution in [2.24, 2.45) is 0 Å². The van der Waals surface area contributed by atoms with Crippen LogP contribution in [0.1, 0.15) is 31.1 Å². The van der Waals surface area contributed by atoms with Crippen molar-refractivity contribution in [3.8, 4) is 11.4 Å². The lowest BCUT2D eigenvalue weighted by molar-refractivity contribution is -0.139. The normalized spacial score (nSPS) is 17.2. The number of anilines is 3. The Labute approximate surface area is 225 Å². The molecule has 1 atom stereocenters. The first kappa shape index (κ1) is 24.6. The summed E-state index contributed by atoms with van der Waals surface area (Å²) in [7, 11) is 1.39. The number of aryl methyl sites for hydroxylation is 1. The third-order valence-electron chi connectivity index (χ3n) is 7.01. The van der Waals surface area contributed by atoms with Gasteiger partial charge in [-0.2, -0.15) is 5.10 Å². The third-order valence-corrected chi connectivity index (χ3v) is 7.42. The minimum atomic E-state index is -0.285. The van der Waals surface area contributed by atoms with E-state index in [4.69, 9.17) is 30.9 Å². The molecule has 0 saturated carbocycles. The smallest absolute Gasteiger partial charge is 0.325 e. The van der Waals surface area contributed by atoms with Crippen LogP contribution >= 0.6 is 11.6 Å². The Balaban J connectivity index is 1.24. The number of carbonyl (C=O) groups is 1. The van der Waals surface area contributed by atoms with Crippen LogP contribution in [0.25, 0.3) is 16.6 Å². The van der Waals surface area contributed by atoms with Crippen LogP contribution in [0.3, 0.4) is 0 Å².